The second-order valence-corrected chi connectivity index (χ2v) is 4.55. The maximum absolute atomic E-state index is 11.7. The average molecular weight is 293 g/mol. The lowest BCUT2D eigenvalue weighted by Gasteiger charge is -2.03. The summed E-state index contributed by atoms with van der Waals surface area (Å²) in [5, 5.41) is 4.67. The van der Waals surface area contributed by atoms with E-state index in [1.165, 1.54) is 30.7 Å². The smallest absolute Gasteiger partial charge is 0.361 e. The molecule has 1 amide bonds. The molecule has 0 unspecified atom stereocenters. The number of carbonyl (C=O) groups is 2. The van der Waals surface area contributed by atoms with Gasteiger partial charge in [-0.25, -0.2) is 19.7 Å². The first-order valence-corrected chi connectivity index (χ1v) is 6.40. The van der Waals surface area contributed by atoms with Crippen LogP contribution >= 0.6 is 11.3 Å². The Kier molecular flexibility index (Phi) is 4.20. The number of rotatable bonds is 4. The Morgan fingerprint density at radius 3 is 2.85 bits per heavy atom. The minimum Gasteiger partial charge on any atom is -0.454 e. The molecule has 0 aliphatic carbocycles. The van der Waals surface area contributed by atoms with Crippen LogP contribution in [0.5, 0.6) is 0 Å². The van der Waals surface area contributed by atoms with Crippen LogP contribution in [0.2, 0.25) is 0 Å². The van der Waals surface area contributed by atoms with Gasteiger partial charge in [0, 0.05) is 24.7 Å². The Bertz CT molecular complexity index is 642. The number of hydrogen-bond donors (Lipinski definition) is 2. The number of ether oxygens (including phenoxy) is 1. The summed E-state index contributed by atoms with van der Waals surface area (Å²) in [5.74, 6) is -0.880. The van der Waals surface area contributed by atoms with E-state index in [0.29, 0.717) is 10.8 Å². The van der Waals surface area contributed by atoms with E-state index in [1.807, 2.05) is 0 Å². The van der Waals surface area contributed by atoms with Gasteiger partial charge in [-0.05, 0) is 0 Å². The predicted octanol–water partition coefficient (Wildman–Crippen LogP) is 0.831. The lowest BCUT2D eigenvalue weighted by Crippen LogP contribution is -2.11. The maximum atomic E-state index is 11.7. The van der Waals surface area contributed by atoms with Crippen molar-refractivity contribution in [1.82, 2.24) is 15.0 Å². The SMILES string of the molecule is CC(=O)Nc1nc(COC(=O)c2nccnc2N)cs1. The zero-order chi connectivity index (χ0) is 14.5. The molecule has 2 aromatic heterocycles. The Labute approximate surface area is 118 Å². The summed E-state index contributed by atoms with van der Waals surface area (Å²) >= 11 is 1.24. The number of nitrogen functional groups attached to an aromatic ring is 1. The lowest BCUT2D eigenvalue weighted by molar-refractivity contribution is -0.114. The number of amides is 1. The van der Waals surface area contributed by atoms with E-state index in [-0.39, 0.29) is 24.0 Å². The number of hydrogen-bond acceptors (Lipinski definition) is 8. The quantitative estimate of drug-likeness (QED) is 0.801. The van der Waals surface area contributed by atoms with E-state index in [1.54, 1.807) is 5.38 Å². The minimum atomic E-state index is -0.676. The van der Waals surface area contributed by atoms with Gasteiger partial charge in [-0.1, -0.05) is 0 Å². The van der Waals surface area contributed by atoms with E-state index < -0.39 is 5.97 Å². The second kappa shape index (κ2) is 6.06. The summed E-state index contributed by atoms with van der Waals surface area (Å²) in [6.45, 7) is 1.35. The largest absolute Gasteiger partial charge is 0.454 e. The molecule has 0 saturated heterocycles. The minimum absolute atomic E-state index is 0.00899. The van der Waals surface area contributed by atoms with Crippen molar-refractivity contribution in [3.05, 3.63) is 29.2 Å². The van der Waals surface area contributed by atoms with Gasteiger partial charge < -0.3 is 15.8 Å². The number of aromatic nitrogens is 3. The molecule has 0 saturated carbocycles. The number of nitrogens with one attached hydrogen (secondary N) is 1. The van der Waals surface area contributed by atoms with Gasteiger partial charge in [0.25, 0.3) is 0 Å². The van der Waals surface area contributed by atoms with Gasteiger partial charge in [-0.2, -0.15) is 0 Å². The van der Waals surface area contributed by atoms with Crippen LogP contribution in [0.3, 0.4) is 0 Å². The van der Waals surface area contributed by atoms with Crippen molar-refractivity contribution >= 4 is 34.2 Å². The molecular formula is C11H11N5O3S. The standard InChI is InChI=1S/C11H11N5O3S/c1-6(17)15-11-16-7(5-20-11)4-19-10(18)8-9(12)14-3-2-13-8/h2-3,5H,4H2,1H3,(H2,12,14)(H,15,16,17). The number of thiazole rings is 1. The first kappa shape index (κ1) is 13.9. The number of carbonyl (C=O) groups excluding carboxylic acids is 2. The van der Waals surface area contributed by atoms with Crippen molar-refractivity contribution in [2.24, 2.45) is 0 Å². The number of esters is 1. The van der Waals surface area contributed by atoms with Crippen LogP contribution < -0.4 is 11.1 Å². The van der Waals surface area contributed by atoms with E-state index in [9.17, 15) is 9.59 Å². The molecule has 0 spiro atoms. The Morgan fingerprint density at radius 1 is 1.40 bits per heavy atom. The molecule has 0 fully saturated rings. The lowest BCUT2D eigenvalue weighted by atomic mass is 10.4. The molecule has 8 nitrogen and oxygen atoms in total. The molecule has 2 rings (SSSR count). The molecule has 0 aliphatic heterocycles. The van der Waals surface area contributed by atoms with Gasteiger partial charge in [0.2, 0.25) is 5.91 Å². The molecule has 2 aromatic rings. The van der Waals surface area contributed by atoms with Crippen LogP contribution in [0.1, 0.15) is 23.1 Å². The van der Waals surface area contributed by atoms with E-state index in [2.05, 4.69) is 20.3 Å². The zero-order valence-electron chi connectivity index (χ0n) is 10.5. The second-order valence-electron chi connectivity index (χ2n) is 3.69. The van der Waals surface area contributed by atoms with Crippen molar-refractivity contribution < 1.29 is 14.3 Å². The zero-order valence-corrected chi connectivity index (χ0v) is 11.3. The number of nitrogens with two attached hydrogens (primary N) is 1. The molecule has 104 valence electrons. The molecule has 20 heavy (non-hydrogen) atoms. The van der Waals surface area contributed by atoms with Gasteiger partial charge in [0.15, 0.2) is 16.6 Å². The van der Waals surface area contributed by atoms with Gasteiger partial charge in [-0.15, -0.1) is 11.3 Å². The third kappa shape index (κ3) is 3.48. The fraction of sp³-hybridized carbons (Fsp3) is 0.182. The number of nitrogens with zero attached hydrogens (tertiary/aromatic N) is 3. The van der Waals surface area contributed by atoms with Crippen molar-refractivity contribution in [3.63, 3.8) is 0 Å². The highest BCUT2D eigenvalue weighted by Gasteiger charge is 2.14. The van der Waals surface area contributed by atoms with Crippen molar-refractivity contribution in [3.8, 4) is 0 Å². The summed E-state index contributed by atoms with van der Waals surface area (Å²) < 4.78 is 5.02. The molecule has 0 atom stereocenters. The Balaban J connectivity index is 1.95. The Morgan fingerprint density at radius 2 is 2.15 bits per heavy atom. The predicted molar refractivity (Wildman–Crippen MR) is 72.0 cm³/mol. The molecule has 2 heterocycles. The molecule has 0 radical (unpaired) electrons. The maximum Gasteiger partial charge on any atom is 0.361 e. The van der Waals surface area contributed by atoms with Gasteiger partial charge in [-0.3, -0.25) is 4.79 Å². The summed E-state index contributed by atoms with van der Waals surface area (Å²) in [6.07, 6.45) is 2.73. The fourth-order valence-electron chi connectivity index (χ4n) is 1.30. The van der Waals surface area contributed by atoms with Gasteiger partial charge in [0.1, 0.15) is 6.61 Å². The van der Waals surface area contributed by atoms with Crippen LogP contribution in [0.4, 0.5) is 10.9 Å². The van der Waals surface area contributed by atoms with Gasteiger partial charge >= 0.3 is 5.97 Å². The van der Waals surface area contributed by atoms with Crippen LogP contribution in [-0.2, 0) is 16.1 Å². The molecule has 3 N–H and O–H groups in total. The number of anilines is 2. The summed E-state index contributed by atoms with van der Waals surface area (Å²) in [7, 11) is 0. The van der Waals surface area contributed by atoms with E-state index >= 15 is 0 Å². The van der Waals surface area contributed by atoms with Crippen LogP contribution in [-0.4, -0.2) is 26.8 Å². The van der Waals surface area contributed by atoms with Crippen molar-refractivity contribution in [2.45, 2.75) is 13.5 Å². The van der Waals surface area contributed by atoms with E-state index in [4.69, 9.17) is 10.5 Å². The van der Waals surface area contributed by atoms with Crippen LogP contribution in [0, 0.1) is 0 Å². The van der Waals surface area contributed by atoms with Gasteiger partial charge in [0.05, 0.1) is 5.69 Å². The monoisotopic (exact) mass is 293 g/mol. The fourth-order valence-corrected chi connectivity index (χ4v) is 2.04. The highest BCUT2D eigenvalue weighted by molar-refractivity contribution is 7.13. The first-order chi connectivity index (χ1) is 9.56. The van der Waals surface area contributed by atoms with Crippen molar-refractivity contribution in [1.29, 1.82) is 0 Å². The molecule has 0 aliphatic rings. The third-order valence-corrected chi connectivity index (χ3v) is 2.91. The summed E-state index contributed by atoms with van der Waals surface area (Å²) in [6, 6.07) is 0. The van der Waals surface area contributed by atoms with Crippen molar-refractivity contribution in [2.75, 3.05) is 11.1 Å². The normalized spacial score (nSPS) is 10.1. The summed E-state index contributed by atoms with van der Waals surface area (Å²) in [4.78, 5) is 34.2. The molecular weight excluding hydrogens is 282 g/mol. The highest BCUT2D eigenvalue weighted by atomic mass is 32.1. The molecule has 9 heteroatoms. The summed E-state index contributed by atoms with van der Waals surface area (Å²) in [5.41, 5.74) is 6.00. The Hall–Kier alpha value is -2.55. The van der Waals surface area contributed by atoms with Crippen LogP contribution in [0.15, 0.2) is 17.8 Å². The van der Waals surface area contributed by atoms with Crippen LogP contribution in [0.25, 0.3) is 0 Å². The molecule has 0 aromatic carbocycles. The highest BCUT2D eigenvalue weighted by Crippen LogP contribution is 2.16. The first-order valence-electron chi connectivity index (χ1n) is 5.52. The topological polar surface area (TPSA) is 120 Å². The molecule has 0 bridgehead atoms. The average Bonchev–Trinajstić information content (AvgIpc) is 2.83. The van der Waals surface area contributed by atoms with E-state index in [0.717, 1.165) is 0 Å². The third-order valence-electron chi connectivity index (χ3n) is 2.11.